The first-order chi connectivity index (χ1) is 16.5. The molecule has 6 atom stereocenters. The molecule has 0 radical (unpaired) electrons. The van der Waals surface area contributed by atoms with Gasteiger partial charge in [-0.05, 0) is 43.4 Å². The second kappa shape index (κ2) is 8.71. The third kappa shape index (κ3) is 3.94. The molecule has 0 spiro atoms. The van der Waals surface area contributed by atoms with Crippen molar-refractivity contribution in [3.63, 3.8) is 0 Å². The molecule has 3 aliphatic rings. The molecular formula is C25H27ClN4O4. The Bertz CT molecular complexity index is 1180. The van der Waals surface area contributed by atoms with Gasteiger partial charge in [0.25, 0.3) is 0 Å². The summed E-state index contributed by atoms with van der Waals surface area (Å²) < 4.78 is 20.2. The fourth-order valence-corrected chi connectivity index (χ4v) is 5.06. The van der Waals surface area contributed by atoms with E-state index in [1.807, 2.05) is 55.5 Å². The summed E-state index contributed by atoms with van der Waals surface area (Å²) >= 11 is 6.35. The summed E-state index contributed by atoms with van der Waals surface area (Å²) in [7, 11) is 0. The minimum atomic E-state index is -1.04. The van der Waals surface area contributed by atoms with Crippen LogP contribution >= 0.6 is 11.6 Å². The average molecular weight is 483 g/mol. The van der Waals surface area contributed by atoms with Gasteiger partial charge >= 0.3 is 0 Å². The molecule has 2 saturated heterocycles. The zero-order valence-corrected chi connectivity index (χ0v) is 19.5. The molecule has 1 saturated carbocycles. The van der Waals surface area contributed by atoms with Gasteiger partial charge in [0.05, 0.1) is 18.3 Å². The van der Waals surface area contributed by atoms with E-state index < -0.39 is 36.7 Å². The molecule has 0 bridgehead atoms. The minimum absolute atomic E-state index is 0.290. The van der Waals surface area contributed by atoms with E-state index in [-0.39, 0.29) is 0 Å². The summed E-state index contributed by atoms with van der Waals surface area (Å²) in [6.07, 6.45) is -1.09. The summed E-state index contributed by atoms with van der Waals surface area (Å²) in [5.74, 6) is 1.54. The maximum atomic E-state index is 11.2. The minimum Gasteiger partial charge on any atom is -0.388 e. The van der Waals surface area contributed by atoms with Gasteiger partial charge in [-0.15, -0.1) is 0 Å². The monoisotopic (exact) mass is 482 g/mol. The zero-order chi connectivity index (χ0) is 23.4. The van der Waals surface area contributed by atoms with E-state index in [9.17, 15) is 5.11 Å². The molecule has 178 valence electrons. The van der Waals surface area contributed by atoms with Crippen molar-refractivity contribution in [2.45, 2.75) is 62.4 Å². The van der Waals surface area contributed by atoms with Gasteiger partial charge in [-0.2, -0.15) is 5.10 Å². The number of hydrogen-bond donors (Lipinski definition) is 2. The Morgan fingerprint density at radius 1 is 1.12 bits per heavy atom. The highest BCUT2D eigenvalue weighted by Crippen LogP contribution is 2.44. The van der Waals surface area contributed by atoms with Crippen molar-refractivity contribution in [2.75, 3.05) is 6.61 Å². The maximum absolute atomic E-state index is 11.2. The van der Waals surface area contributed by atoms with Crippen molar-refractivity contribution >= 4 is 11.6 Å². The number of ether oxygens (including phenoxy) is 3. The molecule has 3 N–H and O–H groups in total. The van der Waals surface area contributed by atoms with Crippen LogP contribution in [0.5, 0.6) is 0 Å². The first-order valence-electron chi connectivity index (χ1n) is 11.6. The fraction of sp³-hybridized carbons (Fsp3) is 0.440. The van der Waals surface area contributed by atoms with Gasteiger partial charge in [0.15, 0.2) is 12.1 Å². The lowest BCUT2D eigenvalue weighted by atomic mass is 9.92. The van der Waals surface area contributed by atoms with E-state index in [1.54, 1.807) is 4.68 Å². The standard InChI is InChI=1S/C25H27ClN4O4/c1-13-28-24(30(29-13)18-11-16(26)9-10-17(18)14-7-8-14)23-21(31)20(27)22-19(33-23)12-32-25(34-22)15-5-3-2-4-6-15/h2-6,9-11,14,19-23,25,31H,7-8,12,27H2,1H3. The van der Waals surface area contributed by atoms with Crippen LogP contribution in [-0.2, 0) is 14.2 Å². The van der Waals surface area contributed by atoms with Gasteiger partial charge in [0.2, 0.25) is 0 Å². The van der Waals surface area contributed by atoms with Gasteiger partial charge in [-0.1, -0.05) is 48.0 Å². The number of rotatable bonds is 4. The molecule has 1 aromatic heterocycles. The smallest absolute Gasteiger partial charge is 0.184 e. The van der Waals surface area contributed by atoms with E-state index in [4.69, 9.17) is 31.5 Å². The molecular weight excluding hydrogens is 456 g/mol. The van der Waals surface area contributed by atoms with Crippen LogP contribution in [0.1, 0.15) is 53.9 Å². The number of aliphatic hydroxyl groups excluding tert-OH is 1. The van der Waals surface area contributed by atoms with E-state index in [0.717, 1.165) is 29.7 Å². The Hall–Kier alpha value is -2.33. The lowest BCUT2D eigenvalue weighted by Crippen LogP contribution is -2.62. The zero-order valence-electron chi connectivity index (χ0n) is 18.8. The van der Waals surface area contributed by atoms with Gasteiger partial charge < -0.3 is 25.1 Å². The summed E-state index contributed by atoms with van der Waals surface area (Å²) in [5, 5.41) is 16.5. The Balaban J connectivity index is 1.31. The third-order valence-corrected chi connectivity index (χ3v) is 7.00. The third-order valence-electron chi connectivity index (χ3n) is 6.77. The van der Waals surface area contributed by atoms with E-state index >= 15 is 0 Å². The Morgan fingerprint density at radius 2 is 1.91 bits per heavy atom. The Morgan fingerprint density at radius 3 is 2.68 bits per heavy atom. The molecule has 6 unspecified atom stereocenters. The molecule has 8 nitrogen and oxygen atoms in total. The topological polar surface area (TPSA) is 105 Å². The number of hydrogen-bond acceptors (Lipinski definition) is 7. The number of aromatic nitrogens is 3. The van der Waals surface area contributed by atoms with Gasteiger partial charge in [0.1, 0.15) is 30.2 Å². The predicted molar refractivity (Wildman–Crippen MR) is 125 cm³/mol. The normalized spacial score (nSPS) is 31.3. The average Bonchev–Trinajstić information content (AvgIpc) is 3.62. The Kier molecular flexibility index (Phi) is 5.68. The van der Waals surface area contributed by atoms with Crippen LogP contribution in [0.3, 0.4) is 0 Å². The molecule has 2 aliphatic heterocycles. The highest BCUT2D eigenvalue weighted by atomic mass is 35.5. The van der Waals surface area contributed by atoms with Crippen LogP contribution < -0.4 is 5.73 Å². The number of aryl methyl sites for hydroxylation is 1. The second-order valence-electron chi connectivity index (χ2n) is 9.25. The quantitative estimate of drug-likeness (QED) is 0.587. The maximum Gasteiger partial charge on any atom is 0.184 e. The molecule has 34 heavy (non-hydrogen) atoms. The molecule has 1 aliphatic carbocycles. The first-order valence-corrected chi connectivity index (χ1v) is 12.0. The van der Waals surface area contributed by atoms with Crippen molar-refractivity contribution < 1.29 is 19.3 Å². The molecule has 2 aromatic carbocycles. The van der Waals surface area contributed by atoms with Gasteiger partial charge in [0, 0.05) is 10.6 Å². The summed E-state index contributed by atoms with van der Waals surface area (Å²) in [6, 6.07) is 14.8. The lowest BCUT2D eigenvalue weighted by Gasteiger charge is -2.46. The lowest BCUT2D eigenvalue weighted by molar-refractivity contribution is -0.309. The van der Waals surface area contributed by atoms with Crippen LogP contribution in [-0.4, -0.2) is 50.8 Å². The number of benzene rings is 2. The van der Waals surface area contributed by atoms with Crippen molar-refractivity contribution in [3.8, 4) is 5.69 Å². The molecule has 3 aromatic rings. The fourth-order valence-electron chi connectivity index (χ4n) is 4.90. The molecule has 6 rings (SSSR count). The highest BCUT2D eigenvalue weighted by molar-refractivity contribution is 6.30. The van der Waals surface area contributed by atoms with Crippen LogP contribution in [0.15, 0.2) is 48.5 Å². The van der Waals surface area contributed by atoms with Crippen LogP contribution in [0.4, 0.5) is 0 Å². The number of fused-ring (bicyclic) bond motifs is 1. The molecule has 3 heterocycles. The van der Waals surface area contributed by atoms with Gasteiger partial charge in [-0.25, -0.2) is 9.67 Å². The SMILES string of the molecule is Cc1nc(C2OC3COC(c4ccccc4)OC3C(N)C2O)n(-c2cc(Cl)ccc2C2CC2)n1. The number of halogens is 1. The number of aliphatic hydroxyl groups is 1. The van der Waals surface area contributed by atoms with E-state index in [2.05, 4.69) is 10.1 Å². The summed E-state index contributed by atoms with van der Waals surface area (Å²) in [6.45, 7) is 2.11. The van der Waals surface area contributed by atoms with E-state index in [0.29, 0.717) is 29.2 Å². The van der Waals surface area contributed by atoms with Crippen LogP contribution in [0, 0.1) is 6.92 Å². The first kappa shape index (κ1) is 22.2. The van der Waals surface area contributed by atoms with E-state index in [1.165, 1.54) is 0 Å². The number of nitrogens with zero attached hydrogens (tertiary/aromatic N) is 3. The summed E-state index contributed by atoms with van der Waals surface area (Å²) in [5.41, 5.74) is 9.44. The van der Waals surface area contributed by atoms with Crippen molar-refractivity contribution in [1.29, 1.82) is 0 Å². The Labute approximate surface area is 202 Å². The van der Waals surface area contributed by atoms with Crippen LogP contribution in [0.25, 0.3) is 5.69 Å². The summed E-state index contributed by atoms with van der Waals surface area (Å²) in [4.78, 5) is 4.63. The van der Waals surface area contributed by atoms with Crippen molar-refractivity contribution in [1.82, 2.24) is 14.8 Å². The molecule has 9 heteroatoms. The predicted octanol–water partition coefficient (Wildman–Crippen LogP) is 3.35. The second-order valence-corrected chi connectivity index (χ2v) is 9.68. The van der Waals surface area contributed by atoms with Crippen LogP contribution in [0.2, 0.25) is 5.02 Å². The molecule has 0 amide bonds. The van der Waals surface area contributed by atoms with Crippen molar-refractivity contribution in [3.05, 3.63) is 76.3 Å². The number of nitrogens with two attached hydrogens (primary N) is 1. The largest absolute Gasteiger partial charge is 0.388 e. The highest BCUT2D eigenvalue weighted by Gasteiger charge is 2.50. The van der Waals surface area contributed by atoms with Crippen molar-refractivity contribution in [2.24, 2.45) is 5.73 Å². The van der Waals surface area contributed by atoms with Gasteiger partial charge in [-0.3, -0.25) is 0 Å². The molecule has 3 fully saturated rings.